The van der Waals surface area contributed by atoms with Gasteiger partial charge in [0.25, 0.3) is 0 Å². The third kappa shape index (κ3) is 3.73. The molecule has 0 saturated carbocycles. The predicted molar refractivity (Wildman–Crippen MR) is 59.3 cm³/mol. The van der Waals surface area contributed by atoms with Crippen LogP contribution in [0.15, 0.2) is 24.5 Å². The molecule has 0 fully saturated rings. The molecule has 5 heteroatoms. The van der Waals surface area contributed by atoms with Crippen LogP contribution in [0.2, 0.25) is 0 Å². The number of hydrogen-bond acceptors (Lipinski definition) is 3. The van der Waals surface area contributed by atoms with Crippen LogP contribution < -0.4 is 16.4 Å². The molecular formula is C10H18N4O. The Bertz CT molecular complexity index is 284. The van der Waals surface area contributed by atoms with Crippen LogP contribution >= 0.6 is 0 Å². The molecule has 1 rings (SSSR count). The SMILES string of the molecule is CNC(Cn1cccc1)C(=O)NCCN. The average Bonchev–Trinajstić information content (AvgIpc) is 2.75. The van der Waals surface area contributed by atoms with Crippen molar-refractivity contribution >= 4 is 5.91 Å². The van der Waals surface area contributed by atoms with Crippen molar-refractivity contribution in [2.45, 2.75) is 12.6 Å². The summed E-state index contributed by atoms with van der Waals surface area (Å²) in [5, 5.41) is 5.73. The Morgan fingerprint density at radius 3 is 2.67 bits per heavy atom. The van der Waals surface area contributed by atoms with E-state index in [-0.39, 0.29) is 11.9 Å². The fourth-order valence-corrected chi connectivity index (χ4v) is 1.33. The zero-order valence-electron chi connectivity index (χ0n) is 8.94. The molecule has 0 aliphatic carbocycles. The van der Waals surface area contributed by atoms with Crippen LogP contribution in [0.25, 0.3) is 0 Å². The Kier molecular flexibility index (Phi) is 4.86. The van der Waals surface area contributed by atoms with Crippen LogP contribution in [-0.4, -0.2) is 36.7 Å². The monoisotopic (exact) mass is 210 g/mol. The molecular weight excluding hydrogens is 192 g/mol. The zero-order chi connectivity index (χ0) is 11.1. The summed E-state index contributed by atoms with van der Waals surface area (Å²) in [6.45, 7) is 1.61. The summed E-state index contributed by atoms with van der Waals surface area (Å²) < 4.78 is 1.96. The molecule has 0 aliphatic heterocycles. The molecule has 0 saturated heterocycles. The number of nitrogens with zero attached hydrogens (tertiary/aromatic N) is 1. The lowest BCUT2D eigenvalue weighted by molar-refractivity contribution is -0.123. The van der Waals surface area contributed by atoms with Gasteiger partial charge in [0.2, 0.25) is 5.91 Å². The molecule has 84 valence electrons. The van der Waals surface area contributed by atoms with Crippen molar-refractivity contribution in [3.05, 3.63) is 24.5 Å². The van der Waals surface area contributed by atoms with Crippen molar-refractivity contribution in [3.63, 3.8) is 0 Å². The maximum atomic E-state index is 11.6. The van der Waals surface area contributed by atoms with Crippen LogP contribution in [0, 0.1) is 0 Å². The lowest BCUT2D eigenvalue weighted by Crippen LogP contribution is -2.46. The van der Waals surface area contributed by atoms with Crippen LogP contribution in [0.3, 0.4) is 0 Å². The van der Waals surface area contributed by atoms with Crippen molar-refractivity contribution < 1.29 is 4.79 Å². The summed E-state index contributed by atoms with van der Waals surface area (Å²) in [5.74, 6) is -0.0170. The molecule has 0 aliphatic rings. The highest BCUT2D eigenvalue weighted by molar-refractivity contribution is 5.81. The van der Waals surface area contributed by atoms with E-state index < -0.39 is 0 Å². The maximum absolute atomic E-state index is 11.6. The van der Waals surface area contributed by atoms with Gasteiger partial charge in [-0.1, -0.05) is 0 Å². The predicted octanol–water partition coefficient (Wildman–Crippen LogP) is -0.849. The highest BCUT2D eigenvalue weighted by Crippen LogP contribution is 1.94. The number of hydrogen-bond donors (Lipinski definition) is 3. The maximum Gasteiger partial charge on any atom is 0.239 e. The number of carbonyl (C=O) groups is 1. The first-order chi connectivity index (χ1) is 7.27. The molecule has 1 atom stereocenters. The number of carbonyl (C=O) groups excluding carboxylic acids is 1. The third-order valence-corrected chi connectivity index (χ3v) is 2.17. The van der Waals surface area contributed by atoms with Crippen molar-refractivity contribution in [2.75, 3.05) is 20.1 Å². The fraction of sp³-hybridized carbons (Fsp3) is 0.500. The van der Waals surface area contributed by atoms with E-state index in [9.17, 15) is 4.79 Å². The van der Waals surface area contributed by atoms with Gasteiger partial charge in [0.1, 0.15) is 6.04 Å². The van der Waals surface area contributed by atoms with Gasteiger partial charge in [-0.2, -0.15) is 0 Å². The molecule has 0 radical (unpaired) electrons. The molecule has 1 heterocycles. The second-order valence-electron chi connectivity index (χ2n) is 3.30. The number of likely N-dealkylation sites (N-methyl/N-ethyl adjacent to an activating group) is 1. The lowest BCUT2D eigenvalue weighted by atomic mass is 10.2. The van der Waals surface area contributed by atoms with E-state index in [1.807, 2.05) is 29.1 Å². The van der Waals surface area contributed by atoms with E-state index in [2.05, 4.69) is 10.6 Å². The quantitative estimate of drug-likeness (QED) is 0.573. The van der Waals surface area contributed by atoms with Gasteiger partial charge < -0.3 is 20.9 Å². The van der Waals surface area contributed by atoms with E-state index in [1.54, 1.807) is 7.05 Å². The van der Waals surface area contributed by atoms with Crippen molar-refractivity contribution in [1.82, 2.24) is 15.2 Å². The van der Waals surface area contributed by atoms with E-state index >= 15 is 0 Å². The van der Waals surface area contributed by atoms with Crippen LogP contribution in [0.1, 0.15) is 0 Å². The molecule has 15 heavy (non-hydrogen) atoms. The Morgan fingerprint density at radius 1 is 1.47 bits per heavy atom. The summed E-state index contributed by atoms with van der Waals surface area (Å²) in [6, 6.07) is 3.65. The minimum absolute atomic E-state index is 0.0170. The molecule has 1 unspecified atom stereocenters. The van der Waals surface area contributed by atoms with Gasteiger partial charge in [-0.3, -0.25) is 4.79 Å². The Hall–Kier alpha value is -1.33. The van der Waals surface area contributed by atoms with Crippen LogP contribution in [-0.2, 0) is 11.3 Å². The Balaban J connectivity index is 2.44. The number of nitrogens with two attached hydrogens (primary N) is 1. The van der Waals surface area contributed by atoms with E-state index in [0.29, 0.717) is 19.6 Å². The summed E-state index contributed by atoms with van der Waals surface area (Å²) in [5.41, 5.74) is 5.31. The van der Waals surface area contributed by atoms with E-state index in [4.69, 9.17) is 5.73 Å². The van der Waals surface area contributed by atoms with Crippen molar-refractivity contribution in [2.24, 2.45) is 5.73 Å². The Labute approximate surface area is 89.6 Å². The smallest absolute Gasteiger partial charge is 0.239 e. The topological polar surface area (TPSA) is 72.1 Å². The molecule has 1 aromatic rings. The van der Waals surface area contributed by atoms with E-state index in [1.165, 1.54) is 0 Å². The van der Waals surface area contributed by atoms with Crippen LogP contribution in [0.5, 0.6) is 0 Å². The van der Waals surface area contributed by atoms with Gasteiger partial charge in [-0.05, 0) is 19.2 Å². The summed E-state index contributed by atoms with van der Waals surface area (Å²) in [7, 11) is 1.77. The van der Waals surface area contributed by atoms with Gasteiger partial charge in [-0.15, -0.1) is 0 Å². The van der Waals surface area contributed by atoms with Gasteiger partial charge in [-0.25, -0.2) is 0 Å². The second kappa shape index (κ2) is 6.21. The molecule has 1 amide bonds. The highest BCUT2D eigenvalue weighted by atomic mass is 16.2. The molecule has 4 N–H and O–H groups in total. The zero-order valence-corrected chi connectivity index (χ0v) is 8.94. The first kappa shape index (κ1) is 11.7. The Morgan fingerprint density at radius 2 is 2.13 bits per heavy atom. The third-order valence-electron chi connectivity index (χ3n) is 2.17. The summed E-state index contributed by atoms with van der Waals surface area (Å²) in [4.78, 5) is 11.6. The number of nitrogens with one attached hydrogen (secondary N) is 2. The van der Waals surface area contributed by atoms with Crippen molar-refractivity contribution in [3.8, 4) is 0 Å². The van der Waals surface area contributed by atoms with Crippen molar-refractivity contribution in [1.29, 1.82) is 0 Å². The standard InChI is InChI=1S/C10H18N4O/c1-12-9(10(15)13-5-4-11)8-14-6-2-3-7-14/h2-3,6-7,9,12H,4-5,8,11H2,1H3,(H,13,15). The molecule has 1 aromatic heterocycles. The minimum atomic E-state index is -0.219. The summed E-state index contributed by atoms with van der Waals surface area (Å²) in [6.07, 6.45) is 3.86. The van der Waals surface area contributed by atoms with Gasteiger partial charge >= 0.3 is 0 Å². The minimum Gasteiger partial charge on any atom is -0.353 e. The largest absolute Gasteiger partial charge is 0.353 e. The number of amides is 1. The second-order valence-corrected chi connectivity index (χ2v) is 3.30. The fourth-order valence-electron chi connectivity index (χ4n) is 1.33. The molecule has 0 aromatic carbocycles. The number of aromatic nitrogens is 1. The highest BCUT2D eigenvalue weighted by Gasteiger charge is 2.15. The van der Waals surface area contributed by atoms with E-state index in [0.717, 1.165) is 0 Å². The van der Waals surface area contributed by atoms with Gasteiger partial charge in [0, 0.05) is 32.0 Å². The first-order valence-corrected chi connectivity index (χ1v) is 5.03. The molecule has 0 bridgehead atoms. The molecule has 0 spiro atoms. The van der Waals surface area contributed by atoms with Gasteiger partial charge in [0.15, 0.2) is 0 Å². The number of rotatable bonds is 6. The first-order valence-electron chi connectivity index (χ1n) is 5.03. The van der Waals surface area contributed by atoms with Crippen LogP contribution in [0.4, 0.5) is 0 Å². The van der Waals surface area contributed by atoms with Gasteiger partial charge in [0.05, 0.1) is 0 Å². The summed E-state index contributed by atoms with van der Waals surface area (Å²) >= 11 is 0. The normalized spacial score (nSPS) is 12.4. The average molecular weight is 210 g/mol. The molecule has 5 nitrogen and oxygen atoms in total. The lowest BCUT2D eigenvalue weighted by Gasteiger charge is -2.16.